The maximum atomic E-state index is 6.03. The van der Waals surface area contributed by atoms with Crippen molar-refractivity contribution < 1.29 is 4.42 Å². The number of fused-ring (bicyclic) bond motifs is 1. The summed E-state index contributed by atoms with van der Waals surface area (Å²) >= 11 is 0. The monoisotopic (exact) mass is 273 g/mol. The second-order valence-electron chi connectivity index (χ2n) is 5.73. The SMILES string of the molecule is CCCN(c1nccc2occc12)C1CCC(N)CC1. The molecule has 0 saturated heterocycles. The highest BCUT2D eigenvalue weighted by atomic mass is 16.3. The number of furan rings is 1. The number of anilines is 1. The maximum Gasteiger partial charge on any atom is 0.139 e. The second kappa shape index (κ2) is 5.83. The molecule has 2 N–H and O–H groups in total. The quantitative estimate of drug-likeness (QED) is 0.928. The standard InChI is InChI=1S/C16H23N3O/c1-2-10-19(13-5-3-12(17)4-6-13)16-14-8-11-20-15(14)7-9-18-16/h7-9,11-13H,2-6,10,17H2,1H3. The van der Waals surface area contributed by atoms with Crippen LogP contribution >= 0.6 is 0 Å². The van der Waals surface area contributed by atoms with Crippen LogP contribution in [0.2, 0.25) is 0 Å². The number of hydrogen-bond acceptors (Lipinski definition) is 4. The molecule has 0 amide bonds. The van der Waals surface area contributed by atoms with Gasteiger partial charge in [0.05, 0.1) is 11.6 Å². The van der Waals surface area contributed by atoms with Crippen LogP contribution < -0.4 is 10.6 Å². The summed E-state index contributed by atoms with van der Waals surface area (Å²) in [6, 6.07) is 4.89. The molecule has 1 saturated carbocycles. The van der Waals surface area contributed by atoms with E-state index in [-0.39, 0.29) is 0 Å². The van der Waals surface area contributed by atoms with Crippen molar-refractivity contribution in [3.63, 3.8) is 0 Å². The number of aromatic nitrogens is 1. The fourth-order valence-corrected chi connectivity index (χ4v) is 3.22. The zero-order valence-electron chi connectivity index (χ0n) is 12.1. The normalized spacial score (nSPS) is 23.1. The molecule has 3 rings (SSSR count). The van der Waals surface area contributed by atoms with Crippen LogP contribution in [0.5, 0.6) is 0 Å². The molecular formula is C16H23N3O. The molecule has 2 aromatic heterocycles. The number of nitrogens with zero attached hydrogens (tertiary/aromatic N) is 2. The van der Waals surface area contributed by atoms with Crippen molar-refractivity contribution >= 4 is 16.8 Å². The Balaban J connectivity index is 1.91. The summed E-state index contributed by atoms with van der Waals surface area (Å²) in [6.07, 6.45) is 9.28. The summed E-state index contributed by atoms with van der Waals surface area (Å²) in [5, 5.41) is 1.12. The average molecular weight is 273 g/mol. The van der Waals surface area contributed by atoms with E-state index in [1.54, 1.807) is 6.26 Å². The van der Waals surface area contributed by atoms with E-state index in [2.05, 4.69) is 16.8 Å². The number of rotatable bonds is 4. The van der Waals surface area contributed by atoms with Gasteiger partial charge < -0.3 is 15.1 Å². The van der Waals surface area contributed by atoms with Crippen LogP contribution in [0, 0.1) is 0 Å². The smallest absolute Gasteiger partial charge is 0.139 e. The fraction of sp³-hybridized carbons (Fsp3) is 0.562. The zero-order valence-corrected chi connectivity index (χ0v) is 12.1. The van der Waals surface area contributed by atoms with E-state index in [1.807, 2.05) is 18.3 Å². The number of pyridine rings is 1. The summed E-state index contributed by atoms with van der Waals surface area (Å²) < 4.78 is 5.50. The van der Waals surface area contributed by atoms with E-state index >= 15 is 0 Å². The van der Waals surface area contributed by atoms with Gasteiger partial charge in [-0.3, -0.25) is 0 Å². The van der Waals surface area contributed by atoms with Crippen LogP contribution in [0.3, 0.4) is 0 Å². The van der Waals surface area contributed by atoms with Crippen LogP contribution in [0.15, 0.2) is 29.0 Å². The van der Waals surface area contributed by atoms with Gasteiger partial charge in [-0.25, -0.2) is 4.98 Å². The molecular weight excluding hydrogens is 250 g/mol. The lowest BCUT2D eigenvalue weighted by Crippen LogP contribution is -2.41. The van der Waals surface area contributed by atoms with Gasteiger partial charge in [-0.05, 0) is 44.2 Å². The van der Waals surface area contributed by atoms with Crippen LogP contribution in [0.1, 0.15) is 39.0 Å². The molecule has 0 radical (unpaired) electrons. The maximum absolute atomic E-state index is 6.03. The summed E-state index contributed by atoms with van der Waals surface area (Å²) in [5.74, 6) is 1.07. The molecule has 0 bridgehead atoms. The summed E-state index contributed by atoms with van der Waals surface area (Å²) in [4.78, 5) is 7.09. The highest BCUT2D eigenvalue weighted by Crippen LogP contribution is 2.31. The Morgan fingerprint density at radius 1 is 1.30 bits per heavy atom. The molecule has 0 atom stereocenters. The fourth-order valence-electron chi connectivity index (χ4n) is 3.22. The largest absolute Gasteiger partial charge is 0.464 e. The van der Waals surface area contributed by atoms with Crippen molar-refractivity contribution in [1.29, 1.82) is 0 Å². The summed E-state index contributed by atoms with van der Waals surface area (Å²) in [7, 11) is 0. The first-order valence-electron chi connectivity index (χ1n) is 7.64. The molecule has 1 fully saturated rings. The molecule has 20 heavy (non-hydrogen) atoms. The number of hydrogen-bond donors (Lipinski definition) is 1. The first kappa shape index (κ1) is 13.4. The Morgan fingerprint density at radius 2 is 2.10 bits per heavy atom. The Kier molecular flexibility index (Phi) is 3.92. The highest BCUT2D eigenvalue weighted by Gasteiger charge is 2.26. The van der Waals surface area contributed by atoms with Gasteiger partial charge in [0.2, 0.25) is 0 Å². The third-order valence-electron chi connectivity index (χ3n) is 4.28. The van der Waals surface area contributed by atoms with E-state index in [9.17, 15) is 0 Å². The first-order chi connectivity index (χ1) is 9.79. The summed E-state index contributed by atoms with van der Waals surface area (Å²) in [5.41, 5.74) is 6.95. The molecule has 0 aromatic carbocycles. The molecule has 4 nitrogen and oxygen atoms in total. The van der Waals surface area contributed by atoms with Crippen LogP contribution in [0.4, 0.5) is 5.82 Å². The van der Waals surface area contributed by atoms with Gasteiger partial charge >= 0.3 is 0 Å². The Labute approximate surface area is 120 Å². The zero-order chi connectivity index (χ0) is 13.9. The minimum absolute atomic E-state index is 0.382. The Morgan fingerprint density at radius 3 is 2.85 bits per heavy atom. The van der Waals surface area contributed by atoms with Gasteiger partial charge in [-0.2, -0.15) is 0 Å². The van der Waals surface area contributed by atoms with Crippen LogP contribution in [-0.2, 0) is 0 Å². The highest BCUT2D eigenvalue weighted by molar-refractivity contribution is 5.88. The Hall–Kier alpha value is -1.55. The van der Waals surface area contributed by atoms with Gasteiger partial charge in [-0.1, -0.05) is 6.92 Å². The van der Waals surface area contributed by atoms with Gasteiger partial charge in [0.25, 0.3) is 0 Å². The predicted molar refractivity (Wildman–Crippen MR) is 81.9 cm³/mol. The van der Waals surface area contributed by atoms with E-state index in [0.29, 0.717) is 12.1 Å². The Bertz CT molecular complexity index is 558. The third-order valence-corrected chi connectivity index (χ3v) is 4.28. The third kappa shape index (κ3) is 2.52. The van der Waals surface area contributed by atoms with Gasteiger partial charge in [0.15, 0.2) is 0 Å². The first-order valence-corrected chi connectivity index (χ1v) is 7.64. The topological polar surface area (TPSA) is 55.3 Å². The lowest BCUT2D eigenvalue weighted by Gasteiger charge is -2.37. The molecule has 2 heterocycles. The minimum Gasteiger partial charge on any atom is -0.464 e. The molecule has 1 aliphatic rings. The summed E-state index contributed by atoms with van der Waals surface area (Å²) in [6.45, 7) is 3.26. The van der Waals surface area contributed by atoms with Crippen molar-refractivity contribution in [1.82, 2.24) is 4.98 Å². The molecule has 0 aliphatic heterocycles. The van der Waals surface area contributed by atoms with E-state index in [1.165, 1.54) is 0 Å². The van der Waals surface area contributed by atoms with Crippen molar-refractivity contribution in [2.24, 2.45) is 5.73 Å². The average Bonchev–Trinajstić information content (AvgIpc) is 2.94. The van der Waals surface area contributed by atoms with E-state index in [4.69, 9.17) is 10.2 Å². The lowest BCUT2D eigenvalue weighted by molar-refractivity contribution is 0.374. The molecule has 4 heteroatoms. The molecule has 0 unspecified atom stereocenters. The van der Waals surface area contributed by atoms with Gasteiger partial charge in [0, 0.05) is 24.8 Å². The minimum atomic E-state index is 0.382. The van der Waals surface area contributed by atoms with Crippen molar-refractivity contribution in [3.05, 3.63) is 24.6 Å². The lowest BCUT2D eigenvalue weighted by atomic mass is 9.90. The van der Waals surface area contributed by atoms with Crippen molar-refractivity contribution in [3.8, 4) is 0 Å². The van der Waals surface area contributed by atoms with Crippen molar-refractivity contribution in [2.45, 2.75) is 51.1 Å². The van der Waals surface area contributed by atoms with Crippen molar-refractivity contribution in [2.75, 3.05) is 11.4 Å². The number of nitrogens with two attached hydrogens (primary N) is 1. The molecule has 0 spiro atoms. The molecule has 1 aliphatic carbocycles. The van der Waals surface area contributed by atoms with E-state index in [0.717, 1.165) is 55.4 Å². The molecule has 2 aromatic rings. The van der Waals surface area contributed by atoms with Crippen LogP contribution in [-0.4, -0.2) is 23.6 Å². The molecule has 108 valence electrons. The van der Waals surface area contributed by atoms with Gasteiger partial charge in [0.1, 0.15) is 11.4 Å². The predicted octanol–water partition coefficient (Wildman–Crippen LogP) is 3.31. The van der Waals surface area contributed by atoms with Crippen LogP contribution in [0.25, 0.3) is 11.0 Å². The second-order valence-corrected chi connectivity index (χ2v) is 5.73. The van der Waals surface area contributed by atoms with E-state index < -0.39 is 0 Å². The van der Waals surface area contributed by atoms with Gasteiger partial charge in [-0.15, -0.1) is 0 Å².